The zero-order chi connectivity index (χ0) is 29.7. The number of rotatable bonds is 10. The standard InChI is InChI=1S/C28H35N3O10/c1-14(39-21(35)8-11-30-25(36)16(29)4-6-20(33)34)26(37)40-18-7-9-28(38)19-13-15-3-5-17(32)23-22(15)27(28,24(18)41-23)10-12-31(19)2/h3,5,7,14,16,19,24,32,38H,4,6,8-13,29H2,1-2H3,(H,30,36)(H,33,34)/t14-,16-,19+,24-,27-,28+/m0/s1. The van der Waals surface area contributed by atoms with E-state index in [1.165, 1.54) is 6.92 Å². The highest BCUT2D eigenvalue weighted by Crippen LogP contribution is 2.65. The van der Waals surface area contributed by atoms with Gasteiger partial charge in [0.25, 0.3) is 0 Å². The molecule has 13 nitrogen and oxygen atoms in total. The molecule has 0 unspecified atom stereocenters. The molecule has 6 N–H and O–H groups in total. The van der Waals surface area contributed by atoms with E-state index in [2.05, 4.69) is 10.2 Å². The lowest BCUT2D eigenvalue weighted by Gasteiger charge is -2.61. The Kier molecular flexibility index (Phi) is 7.47. The summed E-state index contributed by atoms with van der Waals surface area (Å²) in [5.41, 5.74) is 5.25. The van der Waals surface area contributed by atoms with E-state index >= 15 is 0 Å². The van der Waals surface area contributed by atoms with E-state index in [0.29, 0.717) is 25.1 Å². The highest BCUT2D eigenvalue weighted by atomic mass is 16.6. The number of likely N-dealkylation sites (tertiary alicyclic amines) is 1. The number of carbonyl (C=O) groups excluding carboxylic acids is 3. The van der Waals surface area contributed by atoms with Gasteiger partial charge in [-0.2, -0.15) is 0 Å². The number of ether oxygens (including phenoxy) is 3. The predicted octanol–water partition coefficient (Wildman–Crippen LogP) is -0.157. The highest BCUT2D eigenvalue weighted by molar-refractivity contribution is 5.83. The van der Waals surface area contributed by atoms with Crippen LogP contribution in [0.5, 0.6) is 11.5 Å². The Balaban J connectivity index is 1.23. The first-order chi connectivity index (χ1) is 19.4. The molecule has 5 rings (SSSR count). The molecule has 2 aliphatic heterocycles. The molecule has 1 fully saturated rings. The normalized spacial score (nSPS) is 28.8. The molecule has 41 heavy (non-hydrogen) atoms. The van der Waals surface area contributed by atoms with E-state index in [0.717, 1.165) is 11.1 Å². The summed E-state index contributed by atoms with van der Waals surface area (Å²) in [7, 11) is 1.97. The van der Waals surface area contributed by atoms with Crippen molar-refractivity contribution < 1.29 is 48.7 Å². The molecule has 1 saturated heterocycles. The number of nitrogens with two attached hydrogens (primary N) is 1. The van der Waals surface area contributed by atoms with Gasteiger partial charge in [-0.1, -0.05) is 6.07 Å². The van der Waals surface area contributed by atoms with E-state index < -0.39 is 53.1 Å². The number of aromatic hydroxyl groups is 1. The molecule has 1 amide bonds. The summed E-state index contributed by atoms with van der Waals surface area (Å²) in [5.74, 6) is -2.83. The van der Waals surface area contributed by atoms with Crippen molar-refractivity contribution in [2.45, 2.75) is 80.8 Å². The molecule has 222 valence electrons. The number of phenolic OH excluding ortho intramolecular Hbond substituents is 1. The molecular formula is C28H35N3O10. The number of esters is 2. The zero-order valence-corrected chi connectivity index (χ0v) is 22.9. The molecule has 0 radical (unpaired) electrons. The smallest absolute Gasteiger partial charge is 0.352 e. The van der Waals surface area contributed by atoms with Crippen LogP contribution >= 0.6 is 0 Å². The fraction of sp³-hybridized carbons (Fsp3) is 0.571. The lowest BCUT2D eigenvalue weighted by molar-refractivity contribution is -0.175. The lowest BCUT2D eigenvalue weighted by atomic mass is 9.50. The third kappa shape index (κ3) is 4.71. The van der Waals surface area contributed by atoms with Gasteiger partial charge in [-0.25, -0.2) is 4.79 Å². The van der Waals surface area contributed by atoms with Crippen LogP contribution in [0.2, 0.25) is 0 Å². The van der Waals surface area contributed by atoms with Gasteiger partial charge in [0.15, 0.2) is 23.7 Å². The number of hydrogen-bond acceptors (Lipinski definition) is 11. The Bertz CT molecular complexity index is 1310. The lowest BCUT2D eigenvalue weighted by Crippen LogP contribution is -2.74. The molecule has 13 heteroatoms. The summed E-state index contributed by atoms with van der Waals surface area (Å²) < 4.78 is 17.1. The number of piperidine rings is 1. The third-order valence-corrected chi connectivity index (χ3v) is 8.85. The fourth-order valence-electron chi connectivity index (χ4n) is 6.77. The minimum atomic E-state index is -1.28. The molecule has 1 spiro atoms. The number of amides is 1. The minimum absolute atomic E-state index is 0.0445. The number of hydrogen-bond donors (Lipinski definition) is 5. The second-order valence-corrected chi connectivity index (χ2v) is 11.2. The Morgan fingerprint density at radius 2 is 2.02 bits per heavy atom. The third-order valence-electron chi connectivity index (χ3n) is 8.85. The zero-order valence-electron chi connectivity index (χ0n) is 22.9. The number of carbonyl (C=O) groups is 4. The van der Waals surface area contributed by atoms with Crippen molar-refractivity contribution in [1.82, 2.24) is 10.2 Å². The van der Waals surface area contributed by atoms with Crippen LogP contribution in [-0.2, 0) is 40.5 Å². The first-order valence-corrected chi connectivity index (χ1v) is 13.7. The maximum atomic E-state index is 13.0. The van der Waals surface area contributed by atoms with Gasteiger partial charge in [-0.3, -0.25) is 14.4 Å². The monoisotopic (exact) mass is 573 g/mol. The van der Waals surface area contributed by atoms with Crippen LogP contribution < -0.4 is 15.8 Å². The van der Waals surface area contributed by atoms with E-state index in [1.807, 2.05) is 13.1 Å². The van der Waals surface area contributed by atoms with Gasteiger partial charge in [-0.15, -0.1) is 0 Å². The molecule has 4 aliphatic rings. The van der Waals surface area contributed by atoms with Gasteiger partial charge >= 0.3 is 17.9 Å². The Hall–Kier alpha value is -3.68. The van der Waals surface area contributed by atoms with Gasteiger partial charge < -0.3 is 45.5 Å². The van der Waals surface area contributed by atoms with Crippen LogP contribution in [0, 0.1) is 0 Å². The van der Waals surface area contributed by atoms with E-state index in [-0.39, 0.29) is 49.8 Å². The molecule has 0 aromatic heterocycles. The van der Waals surface area contributed by atoms with Gasteiger partial charge in [-0.05, 0) is 57.5 Å². The average Bonchev–Trinajstić information content (AvgIpc) is 3.28. The average molecular weight is 574 g/mol. The molecule has 6 atom stereocenters. The molecule has 1 aromatic rings. The Morgan fingerprint density at radius 1 is 1.27 bits per heavy atom. The van der Waals surface area contributed by atoms with Crippen molar-refractivity contribution in [3.8, 4) is 11.5 Å². The summed E-state index contributed by atoms with van der Waals surface area (Å²) in [6, 6.07) is 2.21. The number of carboxylic acid groups (broad SMARTS) is 1. The number of aliphatic carboxylic acids is 1. The summed E-state index contributed by atoms with van der Waals surface area (Å²) in [5, 5.41) is 33.9. The number of phenols is 1. The molecule has 2 bridgehead atoms. The van der Waals surface area contributed by atoms with Crippen molar-refractivity contribution in [3.05, 3.63) is 35.1 Å². The summed E-state index contributed by atoms with van der Waals surface area (Å²) in [4.78, 5) is 50.0. The molecule has 2 heterocycles. The van der Waals surface area contributed by atoms with Gasteiger partial charge in [0.2, 0.25) is 5.91 Å². The van der Waals surface area contributed by atoms with Crippen LogP contribution in [0.1, 0.15) is 50.2 Å². The van der Waals surface area contributed by atoms with Crippen molar-refractivity contribution in [2.24, 2.45) is 5.73 Å². The van der Waals surface area contributed by atoms with Crippen LogP contribution in [-0.4, -0.2) is 94.1 Å². The fourth-order valence-corrected chi connectivity index (χ4v) is 6.77. The number of nitrogens with zero attached hydrogens (tertiary/aromatic N) is 1. The quantitative estimate of drug-likeness (QED) is 0.232. The second-order valence-electron chi connectivity index (χ2n) is 11.2. The van der Waals surface area contributed by atoms with Crippen LogP contribution in [0.3, 0.4) is 0 Å². The van der Waals surface area contributed by atoms with Crippen molar-refractivity contribution >= 4 is 23.8 Å². The van der Waals surface area contributed by atoms with Gasteiger partial charge in [0.05, 0.1) is 23.5 Å². The number of benzene rings is 1. The van der Waals surface area contributed by atoms with Crippen LogP contribution in [0.4, 0.5) is 0 Å². The maximum absolute atomic E-state index is 13.0. The molecular weight excluding hydrogens is 538 g/mol. The van der Waals surface area contributed by atoms with Gasteiger partial charge in [0, 0.05) is 31.0 Å². The number of likely N-dealkylation sites (N-methyl/N-ethyl adjacent to an activating group) is 1. The number of nitrogens with one attached hydrogen (secondary N) is 1. The van der Waals surface area contributed by atoms with Gasteiger partial charge in [0.1, 0.15) is 5.76 Å². The number of carboxylic acids is 1. The van der Waals surface area contributed by atoms with Crippen LogP contribution in [0.15, 0.2) is 24.0 Å². The largest absolute Gasteiger partial charge is 0.504 e. The van der Waals surface area contributed by atoms with Crippen LogP contribution in [0.25, 0.3) is 0 Å². The first kappa shape index (κ1) is 28.8. The molecule has 2 aliphatic carbocycles. The van der Waals surface area contributed by atoms with E-state index in [4.69, 9.17) is 25.1 Å². The topological polar surface area (TPSA) is 198 Å². The van der Waals surface area contributed by atoms with E-state index in [1.54, 1.807) is 12.1 Å². The Morgan fingerprint density at radius 3 is 2.76 bits per heavy atom. The predicted molar refractivity (Wildman–Crippen MR) is 141 cm³/mol. The van der Waals surface area contributed by atoms with Crippen molar-refractivity contribution in [1.29, 1.82) is 0 Å². The summed E-state index contributed by atoms with van der Waals surface area (Å²) in [6.07, 6.45) is 0.286. The van der Waals surface area contributed by atoms with Crippen molar-refractivity contribution in [2.75, 3.05) is 20.1 Å². The summed E-state index contributed by atoms with van der Waals surface area (Å²) >= 11 is 0. The maximum Gasteiger partial charge on any atom is 0.352 e. The van der Waals surface area contributed by atoms with Crippen molar-refractivity contribution in [3.63, 3.8) is 0 Å². The number of aliphatic hydroxyl groups is 1. The minimum Gasteiger partial charge on any atom is -0.504 e. The summed E-state index contributed by atoms with van der Waals surface area (Å²) in [6.45, 7) is 1.93. The second kappa shape index (κ2) is 10.6. The Labute approximate surface area is 236 Å². The first-order valence-electron chi connectivity index (χ1n) is 13.7. The SMILES string of the molecule is C[C@H](OC(=O)CCNC(=O)[C@@H](N)CCC(=O)O)C(=O)OC1=CC[C@@]2(O)[C@H]3Cc4ccc(O)c5c4[C@@]2(CCN3C)[C@H]1O5. The highest BCUT2D eigenvalue weighted by Gasteiger charge is 2.72. The molecule has 0 saturated carbocycles. The molecule has 1 aromatic carbocycles. The van der Waals surface area contributed by atoms with E-state index in [9.17, 15) is 29.4 Å².